The molecule has 0 aliphatic rings. The van der Waals surface area contributed by atoms with Gasteiger partial charge >= 0.3 is 5.97 Å². The molecule has 2 rings (SSSR count). The van der Waals surface area contributed by atoms with E-state index in [-0.39, 0.29) is 24.6 Å². The first-order valence-electron chi connectivity index (χ1n) is 9.85. The third-order valence-corrected chi connectivity index (χ3v) is 4.61. The van der Waals surface area contributed by atoms with Crippen LogP contribution in [0.2, 0.25) is 0 Å². The number of hydrogen-bond acceptors (Lipinski definition) is 6. The Morgan fingerprint density at radius 1 is 1.00 bits per heavy atom. The number of aromatic hydroxyl groups is 1. The summed E-state index contributed by atoms with van der Waals surface area (Å²) in [5.74, 6) is -1.15. The third-order valence-electron chi connectivity index (χ3n) is 4.61. The number of nitrogens with one attached hydrogen (secondary N) is 2. The molecular weight excluding hydrogens is 400 g/mol. The molecule has 0 aliphatic heterocycles. The van der Waals surface area contributed by atoms with Crippen LogP contribution in [-0.4, -0.2) is 43.2 Å². The van der Waals surface area contributed by atoms with Crippen LogP contribution >= 0.6 is 0 Å². The molecule has 0 unspecified atom stereocenters. The molecule has 8 nitrogen and oxygen atoms in total. The second kappa shape index (κ2) is 11.0. The Kier molecular flexibility index (Phi) is 8.43. The summed E-state index contributed by atoms with van der Waals surface area (Å²) in [6.07, 6.45) is 0.390. The monoisotopic (exact) mass is 428 g/mol. The first-order chi connectivity index (χ1) is 14.7. The number of phenols is 1. The molecule has 0 radical (unpaired) electrons. The van der Waals surface area contributed by atoms with E-state index in [0.717, 1.165) is 27.9 Å². The van der Waals surface area contributed by atoms with Gasteiger partial charge in [-0.25, -0.2) is 0 Å². The number of anilines is 1. The van der Waals surface area contributed by atoms with Gasteiger partial charge in [0.25, 0.3) is 5.91 Å². The molecule has 0 bridgehead atoms. The Morgan fingerprint density at radius 2 is 1.68 bits per heavy atom. The van der Waals surface area contributed by atoms with Gasteiger partial charge in [0.15, 0.2) is 18.1 Å². The quantitative estimate of drug-likeness (QED) is 0.529. The number of rotatable bonds is 9. The second-order valence-corrected chi connectivity index (χ2v) is 7.27. The number of hydrogen-bond donors (Lipinski definition) is 3. The first-order valence-corrected chi connectivity index (χ1v) is 9.85. The molecule has 0 aromatic heterocycles. The maximum absolute atomic E-state index is 12.1. The molecule has 31 heavy (non-hydrogen) atoms. The van der Waals surface area contributed by atoms with E-state index in [9.17, 15) is 19.5 Å². The van der Waals surface area contributed by atoms with E-state index in [1.165, 1.54) is 13.2 Å². The highest BCUT2D eigenvalue weighted by Gasteiger charge is 2.12. The molecule has 0 aliphatic carbocycles. The van der Waals surface area contributed by atoms with Crippen molar-refractivity contribution in [2.75, 3.05) is 25.6 Å². The first kappa shape index (κ1) is 23.7. The van der Waals surface area contributed by atoms with Crippen molar-refractivity contribution in [3.05, 3.63) is 52.6 Å². The lowest BCUT2D eigenvalue weighted by Gasteiger charge is -2.13. The van der Waals surface area contributed by atoms with E-state index in [2.05, 4.69) is 10.6 Å². The molecule has 3 N–H and O–H groups in total. The van der Waals surface area contributed by atoms with Crippen molar-refractivity contribution in [2.45, 2.75) is 33.6 Å². The Hall–Kier alpha value is -3.55. The van der Waals surface area contributed by atoms with Gasteiger partial charge in [0.1, 0.15) is 0 Å². The summed E-state index contributed by atoms with van der Waals surface area (Å²) in [6, 6.07) is 8.78. The highest BCUT2D eigenvalue weighted by molar-refractivity contribution is 5.96. The summed E-state index contributed by atoms with van der Waals surface area (Å²) < 4.78 is 9.90. The van der Waals surface area contributed by atoms with Crippen LogP contribution in [-0.2, 0) is 25.5 Å². The number of methoxy groups -OCH3 is 1. The lowest BCUT2D eigenvalue weighted by atomic mass is 10.1. The van der Waals surface area contributed by atoms with E-state index in [1.54, 1.807) is 12.1 Å². The third kappa shape index (κ3) is 7.33. The molecular formula is C23H28N2O6. The predicted octanol–water partition coefficient (Wildman–Crippen LogP) is 2.56. The molecule has 0 saturated heterocycles. The van der Waals surface area contributed by atoms with Gasteiger partial charge in [-0.1, -0.05) is 23.8 Å². The lowest BCUT2D eigenvalue weighted by Crippen LogP contribution is -2.35. The summed E-state index contributed by atoms with van der Waals surface area (Å²) in [6.45, 7) is 5.09. The van der Waals surface area contributed by atoms with Crippen molar-refractivity contribution < 1.29 is 29.0 Å². The normalized spacial score (nSPS) is 10.3. The average Bonchev–Trinajstić information content (AvgIpc) is 2.71. The molecule has 0 atom stereocenters. The molecule has 8 heteroatoms. The van der Waals surface area contributed by atoms with E-state index in [4.69, 9.17) is 9.47 Å². The van der Waals surface area contributed by atoms with Crippen molar-refractivity contribution >= 4 is 23.5 Å². The van der Waals surface area contributed by atoms with Gasteiger partial charge in [-0.05, 0) is 56.0 Å². The van der Waals surface area contributed by atoms with Crippen LogP contribution in [0.5, 0.6) is 11.5 Å². The Bertz CT molecular complexity index is 948. The zero-order valence-corrected chi connectivity index (χ0v) is 18.2. The second-order valence-electron chi connectivity index (χ2n) is 7.27. The van der Waals surface area contributed by atoms with Crippen LogP contribution in [0.1, 0.15) is 28.7 Å². The SMILES string of the molecule is COc1ccc(CCC(=O)OCC(=O)NCC(=O)Nc2c(C)cc(C)cc2C)cc1O. The largest absolute Gasteiger partial charge is 0.504 e. The number of amides is 2. The van der Waals surface area contributed by atoms with Crippen molar-refractivity contribution in [3.63, 3.8) is 0 Å². The van der Waals surface area contributed by atoms with Gasteiger partial charge in [0, 0.05) is 12.1 Å². The molecule has 0 fully saturated rings. The molecule has 0 spiro atoms. The standard InChI is InChI=1S/C23H28N2O6/c1-14-9-15(2)23(16(3)10-14)25-20(27)12-24-21(28)13-31-22(29)8-6-17-5-7-19(30-4)18(26)11-17/h5,7,9-11,26H,6,8,12-13H2,1-4H3,(H,24,28)(H,25,27). The number of esters is 1. The summed E-state index contributed by atoms with van der Waals surface area (Å²) in [4.78, 5) is 35.8. The summed E-state index contributed by atoms with van der Waals surface area (Å²) in [5.41, 5.74) is 4.44. The molecule has 2 aromatic carbocycles. The van der Waals surface area contributed by atoms with E-state index in [1.807, 2.05) is 32.9 Å². The summed E-state index contributed by atoms with van der Waals surface area (Å²) >= 11 is 0. The van der Waals surface area contributed by atoms with Crippen molar-refractivity contribution in [2.24, 2.45) is 0 Å². The summed E-state index contributed by atoms with van der Waals surface area (Å²) in [7, 11) is 1.45. The topological polar surface area (TPSA) is 114 Å². The molecule has 0 saturated carbocycles. The van der Waals surface area contributed by atoms with Gasteiger partial charge in [0.05, 0.1) is 13.7 Å². The maximum Gasteiger partial charge on any atom is 0.306 e. The van der Waals surface area contributed by atoms with Crippen LogP contribution in [0.15, 0.2) is 30.3 Å². The van der Waals surface area contributed by atoms with Crippen LogP contribution in [0.3, 0.4) is 0 Å². The number of benzene rings is 2. The fourth-order valence-electron chi connectivity index (χ4n) is 3.15. The van der Waals surface area contributed by atoms with Gasteiger partial charge in [-0.15, -0.1) is 0 Å². The Morgan fingerprint density at radius 3 is 2.29 bits per heavy atom. The maximum atomic E-state index is 12.1. The highest BCUT2D eigenvalue weighted by atomic mass is 16.5. The number of ether oxygens (including phenoxy) is 2. The fraction of sp³-hybridized carbons (Fsp3) is 0.348. The zero-order chi connectivity index (χ0) is 23.0. The van der Waals surface area contributed by atoms with Gasteiger partial charge in [-0.3, -0.25) is 14.4 Å². The van der Waals surface area contributed by atoms with Crippen molar-refractivity contribution in [1.29, 1.82) is 0 Å². The minimum Gasteiger partial charge on any atom is -0.504 e. The van der Waals surface area contributed by atoms with Crippen LogP contribution < -0.4 is 15.4 Å². The number of carbonyl (C=O) groups excluding carboxylic acids is 3. The molecule has 166 valence electrons. The minimum absolute atomic E-state index is 0.0120. The molecule has 0 heterocycles. The minimum atomic E-state index is -0.567. The zero-order valence-electron chi connectivity index (χ0n) is 18.2. The summed E-state index contributed by atoms with van der Waals surface area (Å²) in [5, 5.41) is 15.0. The number of aryl methyl sites for hydroxylation is 4. The molecule has 2 amide bonds. The number of carbonyl (C=O) groups is 3. The van der Waals surface area contributed by atoms with Crippen molar-refractivity contribution in [1.82, 2.24) is 5.32 Å². The van der Waals surface area contributed by atoms with Crippen LogP contribution in [0.25, 0.3) is 0 Å². The number of phenolic OH excluding ortho intramolecular Hbond substituents is 1. The lowest BCUT2D eigenvalue weighted by molar-refractivity contribution is -0.148. The Balaban J connectivity index is 1.71. The highest BCUT2D eigenvalue weighted by Crippen LogP contribution is 2.26. The van der Waals surface area contributed by atoms with Gasteiger partial charge in [-0.2, -0.15) is 0 Å². The average molecular weight is 428 g/mol. The van der Waals surface area contributed by atoms with E-state index >= 15 is 0 Å². The Labute approximate surface area is 181 Å². The van der Waals surface area contributed by atoms with Crippen molar-refractivity contribution in [3.8, 4) is 11.5 Å². The molecule has 2 aromatic rings. The van der Waals surface area contributed by atoms with Gasteiger partial charge < -0.3 is 25.2 Å². The van der Waals surface area contributed by atoms with Crippen LogP contribution in [0, 0.1) is 20.8 Å². The smallest absolute Gasteiger partial charge is 0.306 e. The fourth-order valence-corrected chi connectivity index (χ4v) is 3.15. The van der Waals surface area contributed by atoms with E-state index < -0.39 is 18.5 Å². The van der Waals surface area contributed by atoms with E-state index in [0.29, 0.717) is 12.2 Å². The van der Waals surface area contributed by atoms with Crippen LogP contribution in [0.4, 0.5) is 5.69 Å². The van der Waals surface area contributed by atoms with Gasteiger partial charge in [0.2, 0.25) is 5.91 Å². The predicted molar refractivity (Wildman–Crippen MR) is 116 cm³/mol.